The summed E-state index contributed by atoms with van der Waals surface area (Å²) in [5, 5.41) is 22.3. The molecule has 1 aromatic rings. The number of nitrogens with one attached hydrogen (secondary N) is 1. The number of ether oxygens (including phenoxy) is 1. The van der Waals surface area contributed by atoms with E-state index in [9.17, 15) is 5.11 Å². The number of hydrogen-bond acceptors (Lipinski definition) is 5. The summed E-state index contributed by atoms with van der Waals surface area (Å²) in [6, 6.07) is 9.62. The number of para-hydroxylation sites is 1. The summed E-state index contributed by atoms with van der Waals surface area (Å²) in [4.78, 5) is 2.32. The second-order valence-corrected chi connectivity index (χ2v) is 5.56. The SMILES string of the molecule is BN1CCC(NC[C@H](O)COc2ccccc2C#N)CC1. The molecule has 0 aromatic heterocycles. The van der Waals surface area contributed by atoms with Crippen molar-refractivity contribution in [2.24, 2.45) is 0 Å². The zero-order valence-corrected chi connectivity index (χ0v) is 12.5. The van der Waals surface area contributed by atoms with Gasteiger partial charge in [0.05, 0.1) is 5.56 Å². The normalized spacial score (nSPS) is 18.1. The molecule has 1 aliphatic rings. The van der Waals surface area contributed by atoms with Crippen LogP contribution in [0.5, 0.6) is 5.75 Å². The fourth-order valence-electron chi connectivity index (χ4n) is 2.45. The van der Waals surface area contributed by atoms with Gasteiger partial charge in [-0.25, -0.2) is 0 Å². The predicted molar refractivity (Wildman–Crippen MR) is 83.8 cm³/mol. The molecule has 6 heteroatoms. The lowest BCUT2D eigenvalue weighted by molar-refractivity contribution is 0.101. The molecule has 1 heterocycles. The van der Waals surface area contributed by atoms with Crippen LogP contribution in [0.15, 0.2) is 24.3 Å². The van der Waals surface area contributed by atoms with Gasteiger partial charge in [-0.15, -0.1) is 0 Å². The molecule has 112 valence electrons. The van der Waals surface area contributed by atoms with Gasteiger partial charge < -0.3 is 20.0 Å². The van der Waals surface area contributed by atoms with Crippen molar-refractivity contribution in [3.05, 3.63) is 29.8 Å². The number of nitrogens with zero attached hydrogens (tertiary/aromatic N) is 2. The summed E-state index contributed by atoms with van der Waals surface area (Å²) in [7, 11) is 2.13. The summed E-state index contributed by atoms with van der Waals surface area (Å²) in [5.41, 5.74) is 0.493. The molecule has 1 aliphatic heterocycles. The minimum absolute atomic E-state index is 0.193. The van der Waals surface area contributed by atoms with E-state index in [1.807, 2.05) is 6.07 Å². The molecule has 0 unspecified atom stereocenters. The van der Waals surface area contributed by atoms with Gasteiger partial charge in [-0.1, -0.05) is 12.1 Å². The van der Waals surface area contributed by atoms with Crippen molar-refractivity contribution in [2.45, 2.75) is 25.0 Å². The van der Waals surface area contributed by atoms with Crippen molar-refractivity contribution >= 4 is 7.98 Å². The Morgan fingerprint density at radius 2 is 2.14 bits per heavy atom. The van der Waals surface area contributed by atoms with Crippen molar-refractivity contribution in [2.75, 3.05) is 26.2 Å². The van der Waals surface area contributed by atoms with Gasteiger partial charge in [-0.2, -0.15) is 5.26 Å². The van der Waals surface area contributed by atoms with Crippen LogP contribution < -0.4 is 10.1 Å². The Bertz CT molecular complexity index is 484. The van der Waals surface area contributed by atoms with E-state index in [-0.39, 0.29) is 6.61 Å². The zero-order valence-electron chi connectivity index (χ0n) is 12.5. The van der Waals surface area contributed by atoms with Crippen molar-refractivity contribution in [3.63, 3.8) is 0 Å². The maximum absolute atomic E-state index is 9.98. The summed E-state index contributed by atoms with van der Waals surface area (Å²) in [5.74, 6) is 0.526. The highest BCUT2D eigenvalue weighted by atomic mass is 16.5. The van der Waals surface area contributed by atoms with Crippen molar-refractivity contribution < 1.29 is 9.84 Å². The highest BCUT2D eigenvalue weighted by Crippen LogP contribution is 2.16. The predicted octanol–water partition coefficient (Wildman–Crippen LogP) is -0.0999. The van der Waals surface area contributed by atoms with Crippen LogP contribution in [0.25, 0.3) is 0 Å². The van der Waals surface area contributed by atoms with Crippen molar-refractivity contribution in [3.8, 4) is 11.8 Å². The Kier molecular flexibility index (Phi) is 6.06. The van der Waals surface area contributed by atoms with Gasteiger partial charge >= 0.3 is 0 Å². The van der Waals surface area contributed by atoms with E-state index in [2.05, 4.69) is 24.2 Å². The molecule has 0 amide bonds. The third kappa shape index (κ3) is 5.05. The molecule has 2 N–H and O–H groups in total. The molecule has 21 heavy (non-hydrogen) atoms. The van der Waals surface area contributed by atoms with Crippen LogP contribution in [0.3, 0.4) is 0 Å². The standard InChI is InChI=1S/C15H22BN3O2/c16-19-7-5-13(6-8-19)18-10-14(20)11-21-15-4-2-1-3-12(15)9-17/h1-4,13-14,18,20H,5-8,10-11,16H2/t14-/m0/s1. The van der Waals surface area contributed by atoms with Gasteiger partial charge in [0.15, 0.2) is 7.98 Å². The highest BCUT2D eigenvalue weighted by molar-refractivity contribution is 6.04. The molecule has 1 fully saturated rings. The maximum Gasteiger partial charge on any atom is 0.185 e. The van der Waals surface area contributed by atoms with Gasteiger partial charge in [-0.05, 0) is 38.1 Å². The Labute approximate surface area is 126 Å². The molecule has 0 spiro atoms. The van der Waals surface area contributed by atoms with Crippen LogP contribution in [0, 0.1) is 11.3 Å². The van der Waals surface area contributed by atoms with Crippen LogP contribution in [-0.4, -0.2) is 56.3 Å². The molecule has 1 saturated heterocycles. The minimum Gasteiger partial charge on any atom is -0.489 e. The van der Waals surface area contributed by atoms with Crippen LogP contribution in [0.1, 0.15) is 18.4 Å². The molecular formula is C15H22BN3O2. The third-order valence-corrected chi connectivity index (χ3v) is 3.80. The summed E-state index contributed by atoms with van der Waals surface area (Å²) >= 11 is 0. The largest absolute Gasteiger partial charge is 0.489 e. The van der Waals surface area contributed by atoms with Gasteiger partial charge in [0.25, 0.3) is 0 Å². The molecule has 0 saturated carbocycles. The lowest BCUT2D eigenvalue weighted by Crippen LogP contribution is -2.44. The van der Waals surface area contributed by atoms with Crippen molar-refractivity contribution in [1.82, 2.24) is 10.1 Å². The minimum atomic E-state index is -0.573. The van der Waals surface area contributed by atoms with E-state index < -0.39 is 6.10 Å². The molecule has 0 bridgehead atoms. The summed E-state index contributed by atoms with van der Waals surface area (Å²) in [6.07, 6.45) is 1.65. The van der Waals surface area contributed by atoms with Crippen LogP contribution >= 0.6 is 0 Å². The number of rotatable bonds is 6. The molecule has 5 nitrogen and oxygen atoms in total. The van der Waals surface area contributed by atoms with Crippen LogP contribution in [0.2, 0.25) is 0 Å². The van der Waals surface area contributed by atoms with Crippen LogP contribution in [-0.2, 0) is 0 Å². The lowest BCUT2D eigenvalue weighted by Gasteiger charge is -2.30. The monoisotopic (exact) mass is 287 g/mol. The number of nitriles is 1. The smallest absolute Gasteiger partial charge is 0.185 e. The fraction of sp³-hybridized carbons (Fsp3) is 0.533. The molecule has 2 rings (SSSR count). The van der Waals surface area contributed by atoms with Gasteiger partial charge in [0.1, 0.15) is 24.5 Å². The first-order chi connectivity index (χ1) is 10.2. The maximum atomic E-state index is 9.98. The molecule has 0 radical (unpaired) electrons. The number of hydrogen-bond donors (Lipinski definition) is 2. The van der Waals surface area contributed by atoms with E-state index in [1.54, 1.807) is 18.2 Å². The van der Waals surface area contributed by atoms with E-state index >= 15 is 0 Å². The molecule has 1 atom stereocenters. The van der Waals surface area contributed by atoms with Gasteiger partial charge in [0.2, 0.25) is 0 Å². The van der Waals surface area contributed by atoms with Crippen molar-refractivity contribution in [1.29, 1.82) is 5.26 Å². The first-order valence-corrected chi connectivity index (χ1v) is 7.41. The van der Waals surface area contributed by atoms with E-state index in [4.69, 9.17) is 10.00 Å². The summed E-state index contributed by atoms with van der Waals surface area (Å²) in [6.45, 7) is 2.90. The third-order valence-electron chi connectivity index (χ3n) is 3.80. The Hall–Kier alpha value is -1.55. The Morgan fingerprint density at radius 3 is 2.86 bits per heavy atom. The first-order valence-electron chi connectivity index (χ1n) is 7.41. The average Bonchev–Trinajstić information content (AvgIpc) is 2.52. The highest BCUT2D eigenvalue weighted by Gasteiger charge is 2.17. The summed E-state index contributed by atoms with van der Waals surface area (Å²) < 4.78 is 5.53. The van der Waals surface area contributed by atoms with E-state index in [0.717, 1.165) is 25.9 Å². The lowest BCUT2D eigenvalue weighted by atomic mass is 10.0. The van der Waals surface area contributed by atoms with E-state index in [1.165, 1.54) is 0 Å². The first kappa shape index (κ1) is 15.8. The van der Waals surface area contributed by atoms with E-state index in [0.29, 0.717) is 23.9 Å². The second-order valence-electron chi connectivity index (χ2n) is 5.56. The topological polar surface area (TPSA) is 68.5 Å². The number of benzene rings is 1. The molecule has 0 aliphatic carbocycles. The van der Waals surface area contributed by atoms with Gasteiger partial charge in [0, 0.05) is 12.6 Å². The number of aliphatic hydroxyl groups is 1. The Balaban J connectivity index is 1.70. The number of aliphatic hydroxyl groups excluding tert-OH is 1. The van der Waals surface area contributed by atoms with Gasteiger partial charge in [-0.3, -0.25) is 0 Å². The number of piperidine rings is 1. The molecular weight excluding hydrogens is 265 g/mol. The molecule has 1 aromatic carbocycles. The Morgan fingerprint density at radius 1 is 1.43 bits per heavy atom. The fourth-order valence-corrected chi connectivity index (χ4v) is 2.45. The zero-order chi connectivity index (χ0) is 15.1. The average molecular weight is 287 g/mol. The van der Waals surface area contributed by atoms with Crippen LogP contribution in [0.4, 0.5) is 0 Å². The second kappa shape index (κ2) is 8.03. The quantitative estimate of drug-likeness (QED) is 0.715.